The molecule has 0 saturated heterocycles. The van der Waals surface area contributed by atoms with E-state index in [1.165, 1.54) is 23.3 Å². The Hall–Kier alpha value is -2.36. The first kappa shape index (κ1) is 20.5. The number of rotatable bonds is 2. The van der Waals surface area contributed by atoms with Gasteiger partial charge in [0.25, 0.3) is 0 Å². The topological polar surface area (TPSA) is 46.5 Å². The Morgan fingerprint density at radius 2 is 1.65 bits per heavy atom. The molecule has 0 bridgehead atoms. The molecule has 1 saturated carbocycles. The molecule has 2 aromatic rings. The molecule has 2 atom stereocenters. The predicted octanol–water partition coefficient (Wildman–Crippen LogP) is 6.49. The smallest absolute Gasteiger partial charge is 0.338 e. The van der Waals surface area contributed by atoms with Gasteiger partial charge in [0.1, 0.15) is 17.7 Å². The molecule has 164 valence electrons. The van der Waals surface area contributed by atoms with E-state index in [4.69, 9.17) is 4.74 Å². The second-order valence-corrected chi connectivity index (χ2v) is 11.0. The van der Waals surface area contributed by atoms with E-state index in [1.807, 2.05) is 0 Å². The van der Waals surface area contributed by atoms with Crippen LogP contribution >= 0.6 is 0 Å². The standard InChI is InChI=1S/C27H31FO3/c1-25(2)11-12-26(3,4)19-15-22-20(14-18(19)25)27(10-6-5-7-23(27)31-22)16-8-9-17(24(29)30)21(28)13-16/h8-9,13-15,23H,5-7,10-12H2,1-4H3,(H,29,30). The molecule has 1 N–H and O–H groups in total. The zero-order valence-electron chi connectivity index (χ0n) is 18.8. The molecule has 2 aliphatic carbocycles. The first-order valence-electron chi connectivity index (χ1n) is 11.5. The van der Waals surface area contributed by atoms with E-state index in [2.05, 4.69) is 39.8 Å². The van der Waals surface area contributed by atoms with Crippen molar-refractivity contribution in [3.05, 3.63) is 64.0 Å². The minimum atomic E-state index is -1.23. The first-order valence-corrected chi connectivity index (χ1v) is 11.5. The molecule has 1 aliphatic heterocycles. The van der Waals surface area contributed by atoms with Crippen LogP contribution in [0.5, 0.6) is 5.75 Å². The van der Waals surface area contributed by atoms with Gasteiger partial charge in [-0.25, -0.2) is 9.18 Å². The highest BCUT2D eigenvalue weighted by Crippen LogP contribution is 2.57. The Labute approximate surface area is 183 Å². The zero-order chi connectivity index (χ0) is 22.2. The van der Waals surface area contributed by atoms with E-state index in [0.29, 0.717) is 0 Å². The molecule has 1 fully saturated rings. The molecule has 4 heteroatoms. The Bertz CT molecular complexity index is 1080. The van der Waals surface area contributed by atoms with E-state index >= 15 is 0 Å². The molecule has 0 radical (unpaired) electrons. The summed E-state index contributed by atoms with van der Waals surface area (Å²) in [5, 5.41) is 9.28. The highest BCUT2D eigenvalue weighted by atomic mass is 19.1. The number of carboxylic acids is 1. The van der Waals surface area contributed by atoms with Crippen LogP contribution in [-0.2, 0) is 16.2 Å². The monoisotopic (exact) mass is 422 g/mol. The average Bonchev–Trinajstić information content (AvgIpc) is 3.05. The Morgan fingerprint density at radius 1 is 0.968 bits per heavy atom. The summed E-state index contributed by atoms with van der Waals surface area (Å²) in [4.78, 5) is 11.4. The fourth-order valence-corrected chi connectivity index (χ4v) is 6.25. The van der Waals surface area contributed by atoms with Crippen LogP contribution in [0.3, 0.4) is 0 Å². The number of benzene rings is 2. The van der Waals surface area contributed by atoms with Crippen LogP contribution in [0.1, 0.15) is 98.8 Å². The van der Waals surface area contributed by atoms with Crippen molar-refractivity contribution in [2.75, 3.05) is 0 Å². The maximum absolute atomic E-state index is 14.8. The lowest BCUT2D eigenvalue weighted by Gasteiger charge is -2.43. The summed E-state index contributed by atoms with van der Waals surface area (Å²) in [5.74, 6) is -0.974. The second-order valence-electron chi connectivity index (χ2n) is 11.0. The first-order chi connectivity index (χ1) is 14.6. The average molecular weight is 423 g/mol. The molecular formula is C27H31FO3. The number of hydrogen-bond donors (Lipinski definition) is 1. The van der Waals surface area contributed by atoms with Crippen molar-refractivity contribution in [2.45, 2.75) is 88.6 Å². The normalized spacial score (nSPS) is 27.6. The number of fused-ring (bicyclic) bond motifs is 4. The van der Waals surface area contributed by atoms with Crippen molar-refractivity contribution in [2.24, 2.45) is 0 Å². The third-order valence-corrected chi connectivity index (χ3v) is 8.25. The summed E-state index contributed by atoms with van der Waals surface area (Å²) in [7, 11) is 0. The molecule has 3 nitrogen and oxygen atoms in total. The van der Waals surface area contributed by atoms with Crippen LogP contribution in [0.25, 0.3) is 0 Å². The zero-order valence-corrected chi connectivity index (χ0v) is 18.8. The van der Waals surface area contributed by atoms with Crippen molar-refractivity contribution in [1.29, 1.82) is 0 Å². The fraction of sp³-hybridized carbons (Fsp3) is 0.519. The molecule has 5 rings (SSSR count). The largest absolute Gasteiger partial charge is 0.489 e. The summed E-state index contributed by atoms with van der Waals surface area (Å²) in [6.45, 7) is 9.25. The number of carbonyl (C=O) groups is 1. The Kier molecular flexibility index (Phi) is 4.35. The highest BCUT2D eigenvalue weighted by molar-refractivity contribution is 5.88. The third-order valence-electron chi connectivity index (χ3n) is 8.25. The van der Waals surface area contributed by atoms with Crippen molar-refractivity contribution in [3.8, 4) is 5.75 Å². The Morgan fingerprint density at radius 3 is 2.29 bits per heavy atom. The van der Waals surface area contributed by atoms with Crippen LogP contribution in [0, 0.1) is 5.82 Å². The molecule has 2 unspecified atom stereocenters. The van der Waals surface area contributed by atoms with E-state index in [1.54, 1.807) is 6.07 Å². The van der Waals surface area contributed by atoms with Crippen LogP contribution in [0.2, 0.25) is 0 Å². The van der Waals surface area contributed by atoms with Gasteiger partial charge in [-0.2, -0.15) is 0 Å². The lowest BCUT2D eigenvalue weighted by atomic mass is 9.60. The summed E-state index contributed by atoms with van der Waals surface area (Å²) < 4.78 is 21.3. The van der Waals surface area contributed by atoms with Crippen LogP contribution in [0.15, 0.2) is 30.3 Å². The van der Waals surface area contributed by atoms with Crippen molar-refractivity contribution < 1.29 is 19.0 Å². The molecule has 0 amide bonds. The van der Waals surface area contributed by atoms with Gasteiger partial charge in [-0.15, -0.1) is 0 Å². The predicted molar refractivity (Wildman–Crippen MR) is 119 cm³/mol. The number of hydrogen-bond acceptors (Lipinski definition) is 2. The van der Waals surface area contributed by atoms with E-state index in [9.17, 15) is 14.3 Å². The molecule has 1 heterocycles. The van der Waals surface area contributed by atoms with Gasteiger partial charge in [-0.05, 0) is 77.8 Å². The summed E-state index contributed by atoms with van der Waals surface area (Å²) >= 11 is 0. The van der Waals surface area contributed by atoms with Gasteiger partial charge < -0.3 is 9.84 Å². The Balaban J connectivity index is 1.74. The third kappa shape index (κ3) is 2.86. The van der Waals surface area contributed by atoms with Gasteiger partial charge in [0, 0.05) is 5.56 Å². The van der Waals surface area contributed by atoms with Crippen LogP contribution in [-0.4, -0.2) is 17.2 Å². The maximum Gasteiger partial charge on any atom is 0.338 e. The van der Waals surface area contributed by atoms with Gasteiger partial charge in [0.15, 0.2) is 0 Å². The van der Waals surface area contributed by atoms with Gasteiger partial charge in [-0.1, -0.05) is 46.2 Å². The SMILES string of the molecule is CC1(C)CCC(C)(C)c2cc3c(cc21)OC1CCCCC31c1ccc(C(=O)O)c(F)c1. The van der Waals surface area contributed by atoms with Crippen LogP contribution in [0.4, 0.5) is 4.39 Å². The number of carboxylic acid groups (broad SMARTS) is 1. The summed E-state index contributed by atoms with van der Waals surface area (Å²) in [6, 6.07) is 9.26. The van der Waals surface area contributed by atoms with Gasteiger partial charge in [0.2, 0.25) is 0 Å². The molecule has 31 heavy (non-hydrogen) atoms. The van der Waals surface area contributed by atoms with Crippen molar-refractivity contribution in [3.63, 3.8) is 0 Å². The number of halogens is 1. The molecule has 0 spiro atoms. The summed E-state index contributed by atoms with van der Waals surface area (Å²) in [6.07, 6.45) is 6.18. The van der Waals surface area contributed by atoms with E-state index in [0.717, 1.165) is 55.4 Å². The van der Waals surface area contributed by atoms with Crippen molar-refractivity contribution >= 4 is 5.97 Å². The lowest BCUT2D eigenvalue weighted by molar-refractivity contribution is 0.0691. The van der Waals surface area contributed by atoms with Gasteiger partial charge in [-0.3, -0.25) is 0 Å². The second kappa shape index (κ2) is 6.57. The minimum Gasteiger partial charge on any atom is -0.489 e. The van der Waals surface area contributed by atoms with Crippen molar-refractivity contribution in [1.82, 2.24) is 0 Å². The lowest BCUT2D eigenvalue weighted by Crippen LogP contribution is -2.42. The molecule has 2 aromatic carbocycles. The molecule has 3 aliphatic rings. The maximum atomic E-state index is 14.8. The number of ether oxygens (including phenoxy) is 1. The fourth-order valence-electron chi connectivity index (χ4n) is 6.25. The highest BCUT2D eigenvalue weighted by Gasteiger charge is 2.53. The van der Waals surface area contributed by atoms with E-state index < -0.39 is 17.2 Å². The quantitative estimate of drug-likeness (QED) is 0.601. The van der Waals surface area contributed by atoms with Crippen LogP contribution < -0.4 is 4.74 Å². The minimum absolute atomic E-state index is 0.0404. The van der Waals surface area contributed by atoms with Gasteiger partial charge >= 0.3 is 5.97 Å². The molecule has 0 aromatic heterocycles. The summed E-state index contributed by atoms with van der Waals surface area (Å²) in [5.41, 5.74) is 4.21. The number of aromatic carboxylic acids is 1. The van der Waals surface area contributed by atoms with Gasteiger partial charge in [0.05, 0.1) is 11.0 Å². The van der Waals surface area contributed by atoms with E-state index in [-0.39, 0.29) is 22.5 Å². The molecular weight excluding hydrogens is 391 g/mol.